The molecular weight excluding hydrogens is 242 g/mol. The van der Waals surface area contributed by atoms with Gasteiger partial charge in [-0.15, -0.1) is 0 Å². The van der Waals surface area contributed by atoms with Crippen LogP contribution < -0.4 is 5.32 Å². The van der Waals surface area contributed by atoms with Crippen LogP contribution in [0, 0.1) is 12.8 Å². The minimum Gasteiger partial charge on any atom is -0.310 e. The number of aryl methyl sites for hydroxylation is 1. The highest BCUT2D eigenvalue weighted by Gasteiger charge is 2.14. The zero-order valence-corrected chi connectivity index (χ0v) is 12.8. The van der Waals surface area contributed by atoms with E-state index in [0.717, 1.165) is 23.9 Å². The Kier molecular flexibility index (Phi) is 6.73. The van der Waals surface area contributed by atoms with Crippen molar-refractivity contribution in [1.29, 1.82) is 0 Å². The van der Waals surface area contributed by atoms with Gasteiger partial charge in [-0.2, -0.15) is 0 Å². The van der Waals surface area contributed by atoms with Gasteiger partial charge in [0, 0.05) is 11.1 Å². The third-order valence-electron chi connectivity index (χ3n) is 3.29. The third kappa shape index (κ3) is 4.99. The standard InChI is InChI=1S/C16H26ClN/c1-5-10-18-16(9-6-12(2)3)15-11-14(17)8-7-13(15)4/h7-8,11-12,16,18H,5-6,9-10H2,1-4H3. The first kappa shape index (κ1) is 15.5. The van der Waals surface area contributed by atoms with Crippen LogP contribution in [0.4, 0.5) is 0 Å². The molecule has 18 heavy (non-hydrogen) atoms. The lowest BCUT2D eigenvalue weighted by atomic mass is 9.94. The smallest absolute Gasteiger partial charge is 0.0409 e. The molecule has 1 rings (SSSR count). The monoisotopic (exact) mass is 267 g/mol. The van der Waals surface area contributed by atoms with E-state index in [4.69, 9.17) is 11.6 Å². The molecule has 0 radical (unpaired) electrons. The van der Waals surface area contributed by atoms with Crippen LogP contribution in [0.15, 0.2) is 18.2 Å². The number of halogens is 1. The van der Waals surface area contributed by atoms with Gasteiger partial charge in [-0.05, 0) is 61.9 Å². The van der Waals surface area contributed by atoms with E-state index in [0.29, 0.717) is 6.04 Å². The average molecular weight is 268 g/mol. The average Bonchev–Trinajstić information content (AvgIpc) is 2.32. The highest BCUT2D eigenvalue weighted by molar-refractivity contribution is 6.30. The fourth-order valence-electron chi connectivity index (χ4n) is 2.17. The summed E-state index contributed by atoms with van der Waals surface area (Å²) in [6.07, 6.45) is 3.59. The van der Waals surface area contributed by atoms with Crippen molar-refractivity contribution in [2.24, 2.45) is 5.92 Å². The fraction of sp³-hybridized carbons (Fsp3) is 0.625. The second kappa shape index (κ2) is 7.81. The van der Waals surface area contributed by atoms with E-state index >= 15 is 0 Å². The number of benzene rings is 1. The molecule has 102 valence electrons. The zero-order chi connectivity index (χ0) is 13.5. The molecule has 0 saturated carbocycles. The van der Waals surface area contributed by atoms with Crippen LogP contribution in [0.25, 0.3) is 0 Å². The first-order chi connectivity index (χ1) is 8.54. The van der Waals surface area contributed by atoms with Crippen molar-refractivity contribution in [3.05, 3.63) is 34.3 Å². The maximum absolute atomic E-state index is 6.13. The van der Waals surface area contributed by atoms with Gasteiger partial charge in [0.15, 0.2) is 0 Å². The zero-order valence-electron chi connectivity index (χ0n) is 12.1. The first-order valence-corrected chi connectivity index (χ1v) is 7.41. The van der Waals surface area contributed by atoms with Gasteiger partial charge >= 0.3 is 0 Å². The largest absolute Gasteiger partial charge is 0.310 e. The lowest BCUT2D eigenvalue weighted by Gasteiger charge is -2.22. The van der Waals surface area contributed by atoms with Crippen molar-refractivity contribution in [2.75, 3.05) is 6.54 Å². The van der Waals surface area contributed by atoms with Gasteiger partial charge in [0.05, 0.1) is 0 Å². The quantitative estimate of drug-likeness (QED) is 0.723. The lowest BCUT2D eigenvalue weighted by molar-refractivity contribution is 0.439. The van der Waals surface area contributed by atoms with E-state index in [1.54, 1.807) is 0 Å². The van der Waals surface area contributed by atoms with Crippen molar-refractivity contribution < 1.29 is 0 Å². The van der Waals surface area contributed by atoms with Crippen LogP contribution in [-0.2, 0) is 0 Å². The molecule has 1 atom stereocenters. The Morgan fingerprint density at radius 2 is 1.94 bits per heavy atom. The molecule has 0 aromatic heterocycles. The van der Waals surface area contributed by atoms with Gasteiger partial charge < -0.3 is 5.32 Å². The highest BCUT2D eigenvalue weighted by atomic mass is 35.5. The minimum absolute atomic E-state index is 0.436. The number of hydrogen-bond donors (Lipinski definition) is 1. The van der Waals surface area contributed by atoms with Crippen molar-refractivity contribution in [3.8, 4) is 0 Å². The lowest BCUT2D eigenvalue weighted by Crippen LogP contribution is -2.23. The molecule has 0 saturated heterocycles. The van der Waals surface area contributed by atoms with Crippen LogP contribution >= 0.6 is 11.6 Å². The molecular formula is C16H26ClN. The second-order valence-electron chi connectivity index (χ2n) is 5.48. The summed E-state index contributed by atoms with van der Waals surface area (Å²) >= 11 is 6.13. The van der Waals surface area contributed by atoms with Gasteiger partial charge in [-0.3, -0.25) is 0 Å². The summed E-state index contributed by atoms with van der Waals surface area (Å²) in [6.45, 7) is 10.00. The molecule has 0 aliphatic carbocycles. The third-order valence-corrected chi connectivity index (χ3v) is 3.53. The number of rotatable bonds is 7. The van der Waals surface area contributed by atoms with E-state index in [9.17, 15) is 0 Å². The van der Waals surface area contributed by atoms with E-state index in [2.05, 4.69) is 45.1 Å². The molecule has 0 fully saturated rings. The summed E-state index contributed by atoms with van der Waals surface area (Å²) < 4.78 is 0. The second-order valence-corrected chi connectivity index (χ2v) is 5.92. The normalized spacial score (nSPS) is 13.0. The number of hydrogen-bond acceptors (Lipinski definition) is 1. The summed E-state index contributed by atoms with van der Waals surface area (Å²) in [6, 6.07) is 6.64. The fourth-order valence-corrected chi connectivity index (χ4v) is 2.35. The van der Waals surface area contributed by atoms with Gasteiger partial charge in [-0.25, -0.2) is 0 Å². The molecule has 0 aliphatic rings. The Morgan fingerprint density at radius 1 is 1.22 bits per heavy atom. The maximum atomic E-state index is 6.13. The van der Waals surface area contributed by atoms with Crippen molar-refractivity contribution in [3.63, 3.8) is 0 Å². The van der Waals surface area contributed by atoms with Crippen LogP contribution in [0.1, 0.15) is 57.2 Å². The molecule has 0 spiro atoms. The Bertz CT molecular complexity index is 360. The van der Waals surface area contributed by atoms with E-state index in [1.807, 2.05) is 6.07 Å². The first-order valence-electron chi connectivity index (χ1n) is 7.04. The molecule has 0 bridgehead atoms. The molecule has 1 unspecified atom stereocenters. The van der Waals surface area contributed by atoms with Crippen molar-refractivity contribution in [1.82, 2.24) is 5.32 Å². The van der Waals surface area contributed by atoms with Crippen molar-refractivity contribution >= 4 is 11.6 Å². The Balaban J connectivity index is 2.82. The van der Waals surface area contributed by atoms with Gasteiger partial charge in [0.2, 0.25) is 0 Å². The van der Waals surface area contributed by atoms with Gasteiger partial charge in [-0.1, -0.05) is 38.4 Å². The van der Waals surface area contributed by atoms with E-state index in [-0.39, 0.29) is 0 Å². The van der Waals surface area contributed by atoms with E-state index in [1.165, 1.54) is 24.0 Å². The predicted octanol–water partition coefficient (Wildman–Crippen LogP) is 5.13. The van der Waals surface area contributed by atoms with Crippen LogP contribution in [-0.4, -0.2) is 6.54 Å². The summed E-state index contributed by atoms with van der Waals surface area (Å²) in [5, 5.41) is 4.49. The molecule has 0 aliphatic heterocycles. The van der Waals surface area contributed by atoms with E-state index < -0.39 is 0 Å². The highest BCUT2D eigenvalue weighted by Crippen LogP contribution is 2.26. The summed E-state index contributed by atoms with van der Waals surface area (Å²) in [7, 11) is 0. The molecule has 2 heteroatoms. The Labute approximate surface area is 117 Å². The van der Waals surface area contributed by atoms with Crippen LogP contribution in [0.3, 0.4) is 0 Å². The van der Waals surface area contributed by atoms with Crippen LogP contribution in [0.2, 0.25) is 5.02 Å². The minimum atomic E-state index is 0.436. The summed E-state index contributed by atoms with van der Waals surface area (Å²) in [5.74, 6) is 0.746. The maximum Gasteiger partial charge on any atom is 0.0409 e. The molecule has 1 N–H and O–H groups in total. The van der Waals surface area contributed by atoms with Gasteiger partial charge in [0.25, 0.3) is 0 Å². The topological polar surface area (TPSA) is 12.0 Å². The number of nitrogens with one attached hydrogen (secondary N) is 1. The predicted molar refractivity (Wildman–Crippen MR) is 81.3 cm³/mol. The molecule has 1 aromatic carbocycles. The summed E-state index contributed by atoms with van der Waals surface area (Å²) in [4.78, 5) is 0. The molecule has 1 aromatic rings. The van der Waals surface area contributed by atoms with Crippen molar-refractivity contribution in [2.45, 2.75) is 53.0 Å². The molecule has 1 nitrogen and oxygen atoms in total. The SMILES string of the molecule is CCCNC(CCC(C)C)c1cc(Cl)ccc1C. The Morgan fingerprint density at radius 3 is 2.56 bits per heavy atom. The van der Waals surface area contributed by atoms with Gasteiger partial charge in [0.1, 0.15) is 0 Å². The molecule has 0 amide bonds. The van der Waals surface area contributed by atoms with Crippen LogP contribution in [0.5, 0.6) is 0 Å². The summed E-state index contributed by atoms with van der Waals surface area (Å²) in [5.41, 5.74) is 2.69. The Hall–Kier alpha value is -0.530. The molecule has 0 heterocycles.